The zero-order chi connectivity index (χ0) is 22.9. The fourth-order valence-corrected chi connectivity index (χ4v) is 6.10. The summed E-state index contributed by atoms with van der Waals surface area (Å²) in [4.78, 5) is 22.3. The van der Waals surface area contributed by atoms with Crippen molar-refractivity contribution in [3.63, 3.8) is 0 Å². The number of nitrogens with one attached hydrogen (secondary N) is 1. The van der Waals surface area contributed by atoms with Gasteiger partial charge in [-0.05, 0) is 45.6 Å². The molecule has 2 N–H and O–H groups in total. The molecular formula is C22H33N5O4S. The zero-order valence-corrected chi connectivity index (χ0v) is 19.6. The Morgan fingerprint density at radius 1 is 1.19 bits per heavy atom. The Balaban J connectivity index is 1.58. The summed E-state index contributed by atoms with van der Waals surface area (Å²) in [7, 11) is -3.24. The van der Waals surface area contributed by atoms with Crippen molar-refractivity contribution in [3.8, 4) is 0 Å². The van der Waals surface area contributed by atoms with E-state index in [2.05, 4.69) is 10.3 Å². The number of piperidine rings is 1. The van der Waals surface area contributed by atoms with Gasteiger partial charge in [-0.2, -0.15) is 4.98 Å². The summed E-state index contributed by atoms with van der Waals surface area (Å²) in [5.41, 5.74) is 1.14. The molecule has 0 atom stereocenters. The van der Waals surface area contributed by atoms with Crippen molar-refractivity contribution in [2.45, 2.75) is 76.1 Å². The predicted molar refractivity (Wildman–Crippen MR) is 124 cm³/mol. The van der Waals surface area contributed by atoms with E-state index in [9.17, 15) is 18.3 Å². The van der Waals surface area contributed by atoms with Crippen LogP contribution in [0.5, 0.6) is 0 Å². The molecule has 2 aromatic heterocycles. The lowest BCUT2D eigenvalue weighted by molar-refractivity contribution is 0.298. The molecule has 0 bridgehead atoms. The number of aromatic nitrogens is 3. The Hall–Kier alpha value is -2.04. The number of hydrogen-bond acceptors (Lipinski definition) is 7. The van der Waals surface area contributed by atoms with Gasteiger partial charge in [0.15, 0.2) is 0 Å². The minimum atomic E-state index is -3.24. The molecule has 1 saturated carbocycles. The van der Waals surface area contributed by atoms with Gasteiger partial charge in [-0.1, -0.05) is 12.8 Å². The highest BCUT2D eigenvalue weighted by molar-refractivity contribution is 7.89. The van der Waals surface area contributed by atoms with E-state index in [0.717, 1.165) is 31.1 Å². The van der Waals surface area contributed by atoms with Crippen molar-refractivity contribution in [2.75, 3.05) is 25.0 Å². The number of hydrogen-bond donors (Lipinski definition) is 2. The van der Waals surface area contributed by atoms with Crippen molar-refractivity contribution in [1.82, 2.24) is 18.8 Å². The van der Waals surface area contributed by atoms with Crippen molar-refractivity contribution >= 4 is 27.0 Å². The molecule has 1 saturated heterocycles. The number of aliphatic hydroxyl groups excluding tert-OH is 1. The molecule has 9 nitrogen and oxygen atoms in total. The Morgan fingerprint density at radius 3 is 2.50 bits per heavy atom. The summed E-state index contributed by atoms with van der Waals surface area (Å²) < 4.78 is 28.2. The quantitative estimate of drug-likeness (QED) is 0.645. The van der Waals surface area contributed by atoms with E-state index in [1.54, 1.807) is 35.0 Å². The lowest BCUT2D eigenvalue weighted by Crippen LogP contribution is -2.45. The molecule has 2 fully saturated rings. The second-order valence-corrected chi connectivity index (χ2v) is 11.6. The molecule has 3 heterocycles. The molecule has 32 heavy (non-hydrogen) atoms. The smallest absolute Gasteiger partial charge is 0.255 e. The van der Waals surface area contributed by atoms with Gasteiger partial charge in [0.2, 0.25) is 16.0 Å². The lowest BCUT2D eigenvalue weighted by Gasteiger charge is -2.32. The second kappa shape index (κ2) is 9.44. The van der Waals surface area contributed by atoms with Crippen LogP contribution >= 0.6 is 0 Å². The van der Waals surface area contributed by atoms with Crippen LogP contribution in [0.4, 0.5) is 5.95 Å². The average Bonchev–Trinajstić information content (AvgIpc) is 3.29. The number of fused-ring (bicyclic) bond motifs is 1. The lowest BCUT2D eigenvalue weighted by atomic mass is 10.1. The van der Waals surface area contributed by atoms with Crippen LogP contribution in [0.15, 0.2) is 17.1 Å². The molecule has 2 aromatic rings. The van der Waals surface area contributed by atoms with Gasteiger partial charge in [0.1, 0.15) is 5.65 Å². The van der Waals surface area contributed by atoms with Gasteiger partial charge in [-0.15, -0.1) is 0 Å². The minimum absolute atomic E-state index is 0.0723. The molecule has 4 rings (SSSR count). The average molecular weight is 464 g/mol. The van der Waals surface area contributed by atoms with Gasteiger partial charge in [0, 0.05) is 55.3 Å². The van der Waals surface area contributed by atoms with Gasteiger partial charge >= 0.3 is 0 Å². The molecule has 1 aliphatic carbocycles. The topological polar surface area (TPSA) is 117 Å². The number of pyridine rings is 1. The van der Waals surface area contributed by atoms with E-state index in [1.165, 1.54) is 0 Å². The van der Waals surface area contributed by atoms with Crippen LogP contribution in [0.2, 0.25) is 0 Å². The molecular weight excluding hydrogens is 430 g/mol. The fraction of sp³-hybridized carbons (Fsp3) is 0.682. The Labute approximate surface area is 188 Å². The van der Waals surface area contributed by atoms with E-state index in [0.29, 0.717) is 49.5 Å². The third-order valence-electron chi connectivity index (χ3n) is 6.66. The molecule has 0 unspecified atom stereocenters. The maximum atomic E-state index is 13.2. The summed E-state index contributed by atoms with van der Waals surface area (Å²) in [5.74, 6) is 0.462. The van der Waals surface area contributed by atoms with Crippen LogP contribution < -0.4 is 10.9 Å². The normalized spacial score (nSPS) is 19.2. The standard InChI is InChI=1S/C22H33N5O4S/c1-15(2)32(30,31)26-10-7-18(8-11-26)24-22-23-14-17-13-16(9-12-28)21(29)27(20(17)25-22)19-5-3-4-6-19/h13-15,18-19,28H,3-12H2,1-2H3,(H,23,24,25). The maximum Gasteiger partial charge on any atom is 0.255 e. The number of sulfonamides is 1. The van der Waals surface area contributed by atoms with Crippen LogP contribution in [-0.2, 0) is 16.4 Å². The highest BCUT2D eigenvalue weighted by Crippen LogP contribution is 2.31. The molecule has 0 spiro atoms. The SMILES string of the molecule is CC(C)S(=O)(=O)N1CCC(Nc2ncc3cc(CCO)c(=O)n(C4CCCC4)c3n2)CC1. The number of rotatable bonds is 7. The number of nitrogens with zero attached hydrogens (tertiary/aromatic N) is 4. The van der Waals surface area contributed by atoms with Crippen molar-refractivity contribution in [1.29, 1.82) is 0 Å². The van der Waals surface area contributed by atoms with Gasteiger partial charge in [-0.25, -0.2) is 17.7 Å². The van der Waals surface area contributed by atoms with Crippen LogP contribution in [0.25, 0.3) is 11.0 Å². The molecule has 0 radical (unpaired) electrons. The largest absolute Gasteiger partial charge is 0.396 e. The third kappa shape index (κ3) is 4.53. The highest BCUT2D eigenvalue weighted by atomic mass is 32.2. The van der Waals surface area contributed by atoms with Crippen LogP contribution in [-0.4, -0.2) is 63.4 Å². The number of anilines is 1. The summed E-state index contributed by atoms with van der Waals surface area (Å²) in [6.45, 7) is 4.29. The highest BCUT2D eigenvalue weighted by Gasteiger charge is 2.30. The molecule has 10 heteroatoms. The maximum absolute atomic E-state index is 13.2. The minimum Gasteiger partial charge on any atom is -0.396 e. The summed E-state index contributed by atoms with van der Waals surface area (Å²) in [5, 5.41) is 13.1. The Bertz CT molecular complexity index is 1120. The van der Waals surface area contributed by atoms with Gasteiger partial charge in [0.25, 0.3) is 5.56 Å². The predicted octanol–water partition coefficient (Wildman–Crippen LogP) is 2.06. The molecule has 0 amide bonds. The first-order valence-corrected chi connectivity index (χ1v) is 13.1. The van der Waals surface area contributed by atoms with Gasteiger partial charge in [-0.3, -0.25) is 9.36 Å². The molecule has 176 valence electrons. The van der Waals surface area contributed by atoms with Crippen LogP contribution in [0, 0.1) is 0 Å². The summed E-state index contributed by atoms with van der Waals surface area (Å²) >= 11 is 0. The monoisotopic (exact) mass is 463 g/mol. The summed E-state index contributed by atoms with van der Waals surface area (Å²) in [6.07, 6.45) is 7.50. The van der Waals surface area contributed by atoms with Crippen molar-refractivity contribution in [2.24, 2.45) is 0 Å². The van der Waals surface area contributed by atoms with E-state index in [-0.39, 0.29) is 24.2 Å². The Kier molecular flexibility index (Phi) is 6.83. The van der Waals surface area contributed by atoms with Crippen LogP contribution in [0.1, 0.15) is 64.0 Å². The van der Waals surface area contributed by atoms with Crippen LogP contribution in [0.3, 0.4) is 0 Å². The van der Waals surface area contributed by atoms with Gasteiger partial charge in [0.05, 0.1) is 5.25 Å². The van der Waals surface area contributed by atoms with E-state index >= 15 is 0 Å². The number of aliphatic hydroxyl groups is 1. The van der Waals surface area contributed by atoms with E-state index in [1.807, 2.05) is 0 Å². The first kappa shape index (κ1) is 23.1. The summed E-state index contributed by atoms with van der Waals surface area (Å²) in [6, 6.07) is 1.99. The van der Waals surface area contributed by atoms with E-state index < -0.39 is 15.3 Å². The zero-order valence-electron chi connectivity index (χ0n) is 18.8. The Morgan fingerprint density at radius 2 is 1.88 bits per heavy atom. The first-order chi connectivity index (χ1) is 15.3. The first-order valence-electron chi connectivity index (χ1n) is 11.6. The van der Waals surface area contributed by atoms with Gasteiger partial charge < -0.3 is 10.4 Å². The van der Waals surface area contributed by atoms with Crippen molar-refractivity contribution < 1.29 is 13.5 Å². The van der Waals surface area contributed by atoms with Crippen molar-refractivity contribution in [3.05, 3.63) is 28.2 Å². The molecule has 0 aromatic carbocycles. The van der Waals surface area contributed by atoms with E-state index in [4.69, 9.17) is 4.98 Å². The molecule has 1 aliphatic heterocycles. The molecule has 2 aliphatic rings. The second-order valence-electron chi connectivity index (χ2n) is 9.14. The fourth-order valence-electron chi connectivity index (χ4n) is 4.78. The third-order valence-corrected chi connectivity index (χ3v) is 8.94.